The van der Waals surface area contributed by atoms with E-state index in [0.717, 1.165) is 23.4 Å². The highest BCUT2D eigenvalue weighted by Gasteiger charge is 2.34. The molecule has 3 rings (SSSR count). The molecule has 0 spiro atoms. The van der Waals surface area contributed by atoms with Crippen molar-refractivity contribution in [2.75, 3.05) is 6.54 Å². The number of halogens is 4. The summed E-state index contributed by atoms with van der Waals surface area (Å²) in [7, 11) is 0. The molecule has 0 radical (unpaired) electrons. The van der Waals surface area contributed by atoms with Crippen molar-refractivity contribution in [1.29, 1.82) is 5.41 Å². The van der Waals surface area contributed by atoms with E-state index in [2.05, 4.69) is 0 Å². The minimum Gasteiger partial charge on any atom is -0.457 e. The van der Waals surface area contributed by atoms with Crippen molar-refractivity contribution in [3.8, 4) is 11.5 Å². The summed E-state index contributed by atoms with van der Waals surface area (Å²) in [4.78, 5) is 14.0. The lowest BCUT2D eigenvalue weighted by Gasteiger charge is -2.29. The number of hydrogen-bond acceptors (Lipinski definition) is 4. The van der Waals surface area contributed by atoms with Gasteiger partial charge in [0.1, 0.15) is 17.3 Å². The average Bonchev–Trinajstić information content (AvgIpc) is 2.66. The van der Waals surface area contributed by atoms with Crippen LogP contribution in [0.3, 0.4) is 0 Å². The molecule has 0 atom stereocenters. The standard InChI is InChI=1S/C21H19F4N3O2/c22-19-11-17(3-4-18(19)21(23,24)25)30-16-2-1-13-6-8-28(12-14(13)9-16)20(29)10-15(27)5-7-26/h1-5,7,9,11,26H,6,8,10,12,27H2/b15-5-,26-7?. The molecule has 0 bridgehead atoms. The molecule has 30 heavy (non-hydrogen) atoms. The number of nitrogens with one attached hydrogen (secondary N) is 1. The van der Waals surface area contributed by atoms with Crippen molar-refractivity contribution in [1.82, 2.24) is 4.90 Å². The second kappa shape index (κ2) is 8.56. The van der Waals surface area contributed by atoms with E-state index in [1.807, 2.05) is 6.07 Å². The van der Waals surface area contributed by atoms with Crippen LogP contribution in [0.1, 0.15) is 23.1 Å². The highest BCUT2D eigenvalue weighted by Crippen LogP contribution is 2.34. The van der Waals surface area contributed by atoms with Crippen molar-refractivity contribution >= 4 is 12.1 Å². The topological polar surface area (TPSA) is 79.4 Å². The molecule has 0 fully saturated rings. The summed E-state index contributed by atoms with van der Waals surface area (Å²) < 4.78 is 57.3. The molecule has 0 saturated heterocycles. The van der Waals surface area contributed by atoms with E-state index < -0.39 is 17.6 Å². The molecule has 158 valence electrons. The lowest BCUT2D eigenvalue weighted by atomic mass is 9.99. The molecule has 3 N–H and O–H groups in total. The van der Waals surface area contributed by atoms with E-state index in [4.69, 9.17) is 15.9 Å². The minimum atomic E-state index is -4.78. The third-order valence-corrected chi connectivity index (χ3v) is 4.68. The molecule has 1 aliphatic rings. The number of nitrogens with two attached hydrogens (primary N) is 1. The van der Waals surface area contributed by atoms with Crippen LogP contribution in [0.2, 0.25) is 0 Å². The fourth-order valence-electron chi connectivity index (χ4n) is 3.19. The van der Waals surface area contributed by atoms with Crippen molar-refractivity contribution in [2.24, 2.45) is 5.73 Å². The Morgan fingerprint density at radius 2 is 1.87 bits per heavy atom. The van der Waals surface area contributed by atoms with Gasteiger partial charge in [-0.15, -0.1) is 0 Å². The van der Waals surface area contributed by atoms with Crippen molar-refractivity contribution in [3.63, 3.8) is 0 Å². The van der Waals surface area contributed by atoms with Gasteiger partial charge in [-0.25, -0.2) is 4.39 Å². The molecule has 0 unspecified atom stereocenters. The highest BCUT2D eigenvalue weighted by molar-refractivity contribution is 5.80. The maximum absolute atomic E-state index is 13.7. The van der Waals surface area contributed by atoms with Gasteiger partial charge in [0.05, 0.1) is 12.0 Å². The predicted molar refractivity (Wildman–Crippen MR) is 103 cm³/mol. The SMILES string of the molecule is N=C/C=C(\N)CC(=O)N1CCc2ccc(Oc3ccc(C(F)(F)F)c(F)c3)cc2C1. The molecule has 9 heteroatoms. The van der Waals surface area contributed by atoms with Crippen molar-refractivity contribution < 1.29 is 27.1 Å². The monoisotopic (exact) mass is 421 g/mol. The average molecular weight is 421 g/mol. The molecule has 0 saturated carbocycles. The van der Waals surface area contributed by atoms with Gasteiger partial charge in [-0.05, 0) is 47.9 Å². The normalized spacial score (nSPS) is 14.3. The third kappa shape index (κ3) is 4.97. The molecule has 2 aromatic carbocycles. The smallest absolute Gasteiger partial charge is 0.419 e. The van der Waals surface area contributed by atoms with Crippen LogP contribution in [0.25, 0.3) is 0 Å². The van der Waals surface area contributed by atoms with E-state index in [-0.39, 0.29) is 18.1 Å². The predicted octanol–water partition coefficient (Wildman–Crippen LogP) is 4.40. The Kier molecular flexibility index (Phi) is 6.09. The number of nitrogens with zero attached hydrogens (tertiary/aromatic N) is 1. The maximum atomic E-state index is 13.7. The molecule has 2 aromatic rings. The van der Waals surface area contributed by atoms with Crippen molar-refractivity contribution in [2.45, 2.75) is 25.6 Å². The quantitative estimate of drug-likeness (QED) is 0.555. The van der Waals surface area contributed by atoms with E-state index in [0.29, 0.717) is 43.1 Å². The van der Waals surface area contributed by atoms with Gasteiger partial charge in [-0.3, -0.25) is 4.79 Å². The number of carbonyl (C=O) groups is 1. The fourth-order valence-corrected chi connectivity index (χ4v) is 3.19. The summed E-state index contributed by atoms with van der Waals surface area (Å²) in [5, 5.41) is 6.99. The highest BCUT2D eigenvalue weighted by atomic mass is 19.4. The van der Waals surface area contributed by atoms with Gasteiger partial charge >= 0.3 is 6.18 Å². The van der Waals surface area contributed by atoms with E-state index in [1.54, 1.807) is 17.0 Å². The Bertz CT molecular complexity index is 1000. The lowest BCUT2D eigenvalue weighted by molar-refractivity contribution is -0.140. The van der Waals surface area contributed by atoms with Crippen LogP contribution in [0.5, 0.6) is 11.5 Å². The van der Waals surface area contributed by atoms with Crippen LogP contribution >= 0.6 is 0 Å². The van der Waals surface area contributed by atoms with Gasteiger partial charge in [0.15, 0.2) is 0 Å². The largest absolute Gasteiger partial charge is 0.457 e. The Labute approximate surface area is 170 Å². The van der Waals surface area contributed by atoms with Gasteiger partial charge in [-0.1, -0.05) is 6.07 Å². The summed E-state index contributed by atoms with van der Waals surface area (Å²) >= 11 is 0. The Morgan fingerprint density at radius 1 is 1.17 bits per heavy atom. The Morgan fingerprint density at radius 3 is 2.53 bits per heavy atom. The molecular weight excluding hydrogens is 402 g/mol. The molecule has 1 amide bonds. The number of rotatable bonds is 5. The van der Waals surface area contributed by atoms with Gasteiger partial charge in [0.25, 0.3) is 0 Å². The van der Waals surface area contributed by atoms with Gasteiger partial charge in [0.2, 0.25) is 5.91 Å². The zero-order valence-electron chi connectivity index (χ0n) is 15.8. The number of allylic oxidation sites excluding steroid dienone is 1. The summed E-state index contributed by atoms with van der Waals surface area (Å²) in [6, 6.07) is 7.53. The van der Waals surface area contributed by atoms with E-state index in [9.17, 15) is 22.4 Å². The summed E-state index contributed by atoms with van der Waals surface area (Å²) in [6.45, 7) is 0.846. The first kappa shape index (κ1) is 21.4. The van der Waals surface area contributed by atoms with E-state index in [1.165, 1.54) is 6.08 Å². The minimum absolute atomic E-state index is 0.00569. The molecule has 5 nitrogen and oxygen atoms in total. The summed E-state index contributed by atoms with van der Waals surface area (Å²) in [5.74, 6) is -1.32. The number of hydrogen-bond donors (Lipinski definition) is 2. The van der Waals surface area contributed by atoms with Crippen LogP contribution in [0.4, 0.5) is 17.6 Å². The number of ether oxygens (including phenoxy) is 1. The number of amides is 1. The number of benzene rings is 2. The molecule has 0 aliphatic carbocycles. The first-order chi connectivity index (χ1) is 14.2. The molecule has 1 aliphatic heterocycles. The first-order valence-electron chi connectivity index (χ1n) is 9.06. The van der Waals surface area contributed by atoms with Crippen LogP contribution < -0.4 is 10.5 Å². The summed E-state index contributed by atoms with van der Waals surface area (Å²) in [6.07, 6.45) is -1.77. The number of fused-ring (bicyclic) bond motifs is 1. The number of carbonyl (C=O) groups excluding carboxylic acids is 1. The van der Waals surface area contributed by atoms with E-state index >= 15 is 0 Å². The Balaban J connectivity index is 1.74. The second-order valence-electron chi connectivity index (χ2n) is 6.82. The third-order valence-electron chi connectivity index (χ3n) is 4.68. The molecular formula is C21H19F4N3O2. The molecule has 1 heterocycles. The summed E-state index contributed by atoms with van der Waals surface area (Å²) in [5.41, 5.74) is 6.47. The van der Waals surface area contributed by atoms with Crippen molar-refractivity contribution in [3.05, 3.63) is 70.7 Å². The first-order valence-corrected chi connectivity index (χ1v) is 9.06. The van der Waals surface area contributed by atoms with Gasteiger partial charge < -0.3 is 20.8 Å². The van der Waals surface area contributed by atoms with Crippen LogP contribution in [0, 0.1) is 11.2 Å². The second-order valence-corrected chi connectivity index (χ2v) is 6.82. The fraction of sp³-hybridized carbons (Fsp3) is 0.238. The molecule has 0 aromatic heterocycles. The lowest BCUT2D eigenvalue weighted by Crippen LogP contribution is -2.36. The van der Waals surface area contributed by atoms with Crippen LogP contribution in [0.15, 0.2) is 48.2 Å². The number of alkyl halides is 3. The maximum Gasteiger partial charge on any atom is 0.419 e. The zero-order chi connectivity index (χ0) is 21.9. The van der Waals surface area contributed by atoms with Crippen LogP contribution in [-0.4, -0.2) is 23.6 Å². The van der Waals surface area contributed by atoms with Crippen LogP contribution in [-0.2, 0) is 23.9 Å². The van der Waals surface area contributed by atoms with Gasteiger partial charge in [0, 0.05) is 31.1 Å². The Hall–Kier alpha value is -3.36. The van der Waals surface area contributed by atoms with Gasteiger partial charge in [-0.2, -0.15) is 13.2 Å². The zero-order valence-corrected chi connectivity index (χ0v) is 15.8.